The van der Waals surface area contributed by atoms with E-state index in [9.17, 15) is 9.59 Å². The van der Waals surface area contributed by atoms with E-state index in [1.54, 1.807) is 26.0 Å². The van der Waals surface area contributed by atoms with E-state index < -0.39 is 6.09 Å². The minimum Gasteiger partial charge on any atom is -0.449 e. The smallest absolute Gasteiger partial charge is 0.426 e. The Bertz CT molecular complexity index is 647. The van der Waals surface area contributed by atoms with Crippen molar-refractivity contribution in [3.05, 3.63) is 23.7 Å². The van der Waals surface area contributed by atoms with Crippen LogP contribution in [0.5, 0.6) is 0 Å². The first kappa shape index (κ1) is 14.2. The van der Waals surface area contributed by atoms with Crippen LogP contribution in [0.4, 0.5) is 4.79 Å². The van der Waals surface area contributed by atoms with Crippen LogP contribution in [0.2, 0.25) is 0 Å². The van der Waals surface area contributed by atoms with Crippen molar-refractivity contribution in [3.63, 3.8) is 0 Å². The molecule has 0 aliphatic rings. The van der Waals surface area contributed by atoms with Gasteiger partial charge in [-0.3, -0.25) is 4.79 Å². The van der Waals surface area contributed by atoms with Crippen LogP contribution in [0.25, 0.3) is 10.7 Å². The largest absolute Gasteiger partial charge is 0.449 e. The van der Waals surface area contributed by atoms with Crippen LogP contribution >= 0.6 is 11.5 Å². The standard InChI is InChI=1S/C12H14N4O3S/c1-4-19-12(18)14-16-9(7(2)17)5-6-10(16)11-13-8(3)15-20-11/h5-6H,4H2,1-3H3,(H,14,18). The normalized spacial score (nSPS) is 10.3. The summed E-state index contributed by atoms with van der Waals surface area (Å²) in [6.45, 7) is 5.15. The van der Waals surface area contributed by atoms with Crippen molar-refractivity contribution < 1.29 is 14.3 Å². The second kappa shape index (κ2) is 5.83. The molecule has 0 aliphatic carbocycles. The minimum atomic E-state index is -0.631. The van der Waals surface area contributed by atoms with Crippen LogP contribution in [0.15, 0.2) is 12.1 Å². The predicted octanol–water partition coefficient (Wildman–Crippen LogP) is 2.22. The molecule has 2 heterocycles. The summed E-state index contributed by atoms with van der Waals surface area (Å²) in [6, 6.07) is 3.34. The summed E-state index contributed by atoms with van der Waals surface area (Å²) in [5.74, 6) is 0.465. The topological polar surface area (TPSA) is 86.1 Å². The highest BCUT2D eigenvalue weighted by Gasteiger charge is 2.18. The Balaban J connectivity index is 2.42. The number of ketones is 1. The lowest BCUT2D eigenvalue weighted by Gasteiger charge is -2.11. The van der Waals surface area contributed by atoms with Crippen molar-refractivity contribution >= 4 is 23.4 Å². The summed E-state index contributed by atoms with van der Waals surface area (Å²) < 4.78 is 10.3. The van der Waals surface area contributed by atoms with Crippen molar-refractivity contribution in [1.82, 2.24) is 14.0 Å². The number of nitrogens with one attached hydrogen (secondary N) is 1. The maximum absolute atomic E-state index is 11.6. The van der Waals surface area contributed by atoms with E-state index in [1.165, 1.54) is 23.1 Å². The Hall–Kier alpha value is -2.22. The van der Waals surface area contributed by atoms with Crippen LogP contribution < -0.4 is 5.43 Å². The average Bonchev–Trinajstić information content (AvgIpc) is 2.95. The zero-order chi connectivity index (χ0) is 14.7. The highest BCUT2D eigenvalue weighted by atomic mass is 32.1. The van der Waals surface area contributed by atoms with Gasteiger partial charge in [0.2, 0.25) is 0 Å². The summed E-state index contributed by atoms with van der Waals surface area (Å²) in [5, 5.41) is 0.617. The molecule has 0 saturated carbocycles. The fraction of sp³-hybridized carbons (Fsp3) is 0.333. The Labute approximate surface area is 119 Å². The van der Waals surface area contributed by atoms with E-state index >= 15 is 0 Å². The molecule has 0 fully saturated rings. The average molecular weight is 294 g/mol. The van der Waals surface area contributed by atoms with E-state index in [-0.39, 0.29) is 12.4 Å². The van der Waals surface area contributed by atoms with Crippen molar-refractivity contribution in [3.8, 4) is 10.7 Å². The van der Waals surface area contributed by atoms with E-state index in [2.05, 4.69) is 14.8 Å². The number of aryl methyl sites for hydroxylation is 1. The third kappa shape index (κ3) is 2.85. The lowest BCUT2D eigenvalue weighted by atomic mass is 10.3. The molecule has 0 atom stereocenters. The van der Waals surface area contributed by atoms with Crippen LogP contribution in [-0.2, 0) is 4.74 Å². The van der Waals surface area contributed by atoms with Crippen LogP contribution in [0.1, 0.15) is 30.2 Å². The second-order valence-electron chi connectivity index (χ2n) is 3.97. The Morgan fingerprint density at radius 3 is 2.75 bits per heavy atom. The summed E-state index contributed by atoms with van der Waals surface area (Å²) in [5.41, 5.74) is 3.46. The Morgan fingerprint density at radius 2 is 2.20 bits per heavy atom. The van der Waals surface area contributed by atoms with E-state index in [0.29, 0.717) is 22.2 Å². The quantitative estimate of drug-likeness (QED) is 0.874. The molecule has 106 valence electrons. The summed E-state index contributed by atoms with van der Waals surface area (Å²) in [6.07, 6.45) is -0.631. The summed E-state index contributed by atoms with van der Waals surface area (Å²) in [7, 11) is 0. The van der Waals surface area contributed by atoms with Gasteiger partial charge in [0, 0.05) is 6.92 Å². The summed E-state index contributed by atoms with van der Waals surface area (Å²) in [4.78, 5) is 27.4. The predicted molar refractivity (Wildman–Crippen MR) is 74.5 cm³/mol. The highest BCUT2D eigenvalue weighted by Crippen LogP contribution is 2.23. The molecule has 1 N–H and O–H groups in total. The Kier molecular flexibility index (Phi) is 4.14. The van der Waals surface area contributed by atoms with Crippen LogP contribution in [0.3, 0.4) is 0 Å². The molecule has 2 aromatic heterocycles. The second-order valence-corrected chi connectivity index (χ2v) is 4.73. The molecule has 0 aliphatic heterocycles. The molecule has 2 rings (SSSR count). The third-order valence-electron chi connectivity index (χ3n) is 2.47. The van der Waals surface area contributed by atoms with Crippen LogP contribution in [-0.4, -0.2) is 32.5 Å². The van der Waals surface area contributed by atoms with Gasteiger partial charge in [-0.15, -0.1) is 0 Å². The van der Waals surface area contributed by atoms with Gasteiger partial charge in [0.1, 0.15) is 17.2 Å². The first-order valence-corrected chi connectivity index (χ1v) is 6.77. The molecule has 7 nitrogen and oxygen atoms in total. The molecule has 20 heavy (non-hydrogen) atoms. The zero-order valence-electron chi connectivity index (χ0n) is 11.3. The lowest BCUT2D eigenvalue weighted by molar-refractivity contribution is 0.101. The van der Waals surface area contributed by atoms with Crippen molar-refractivity contribution in [2.24, 2.45) is 0 Å². The lowest BCUT2D eigenvalue weighted by Crippen LogP contribution is -2.26. The summed E-state index contributed by atoms with van der Waals surface area (Å²) >= 11 is 1.20. The number of carbonyl (C=O) groups is 2. The van der Waals surface area contributed by atoms with Gasteiger partial charge < -0.3 is 4.74 Å². The maximum atomic E-state index is 11.6. The fourth-order valence-corrected chi connectivity index (χ4v) is 2.34. The number of amides is 1. The molecule has 0 radical (unpaired) electrons. The highest BCUT2D eigenvalue weighted by molar-refractivity contribution is 7.09. The minimum absolute atomic E-state index is 0.172. The van der Waals surface area contributed by atoms with E-state index in [0.717, 1.165) is 0 Å². The van der Waals surface area contributed by atoms with Gasteiger partial charge in [-0.05, 0) is 37.5 Å². The number of nitrogens with zero attached hydrogens (tertiary/aromatic N) is 3. The molecule has 2 aromatic rings. The van der Waals surface area contributed by atoms with Crippen LogP contribution in [0, 0.1) is 6.92 Å². The number of ether oxygens (including phenoxy) is 1. The molecule has 0 aromatic carbocycles. The molecule has 0 saturated heterocycles. The Morgan fingerprint density at radius 1 is 1.45 bits per heavy atom. The van der Waals surface area contributed by atoms with Gasteiger partial charge in [0.25, 0.3) is 0 Å². The van der Waals surface area contributed by atoms with E-state index in [4.69, 9.17) is 4.74 Å². The molecule has 8 heteroatoms. The van der Waals surface area contributed by atoms with Gasteiger partial charge in [0.05, 0.1) is 6.61 Å². The molecule has 0 unspecified atom stereocenters. The number of Topliss-reactive ketones (excluding diaryl/α,β-unsaturated/α-hetero) is 1. The monoisotopic (exact) mass is 294 g/mol. The molecular formula is C12H14N4O3S. The van der Waals surface area contributed by atoms with Gasteiger partial charge in [-0.25, -0.2) is 19.9 Å². The first-order chi connectivity index (χ1) is 9.52. The van der Waals surface area contributed by atoms with Gasteiger partial charge in [-0.1, -0.05) is 0 Å². The van der Waals surface area contributed by atoms with Crippen molar-refractivity contribution in [2.75, 3.05) is 12.0 Å². The molecule has 1 amide bonds. The van der Waals surface area contributed by atoms with E-state index in [1.807, 2.05) is 0 Å². The number of hydrogen-bond acceptors (Lipinski definition) is 6. The van der Waals surface area contributed by atoms with Crippen molar-refractivity contribution in [2.45, 2.75) is 20.8 Å². The number of hydrogen-bond donors (Lipinski definition) is 1. The third-order valence-corrected chi connectivity index (χ3v) is 3.30. The molecule has 0 bridgehead atoms. The molecule has 0 spiro atoms. The number of aromatic nitrogens is 3. The SMILES string of the molecule is CCOC(=O)Nn1c(C(C)=O)ccc1-c1nc(C)ns1. The molecular weight excluding hydrogens is 280 g/mol. The first-order valence-electron chi connectivity index (χ1n) is 6.00. The van der Waals surface area contributed by atoms with Crippen molar-refractivity contribution in [1.29, 1.82) is 0 Å². The fourth-order valence-electron chi connectivity index (χ4n) is 1.65. The number of rotatable bonds is 4. The van der Waals surface area contributed by atoms with Gasteiger partial charge in [-0.2, -0.15) is 4.37 Å². The zero-order valence-corrected chi connectivity index (χ0v) is 12.2. The van der Waals surface area contributed by atoms with Gasteiger partial charge >= 0.3 is 6.09 Å². The number of carbonyl (C=O) groups excluding carboxylic acids is 2. The maximum Gasteiger partial charge on any atom is 0.426 e. The van der Waals surface area contributed by atoms with Gasteiger partial charge in [0.15, 0.2) is 10.8 Å².